The number of halogens is 1. The molecule has 1 N–H and O–H groups in total. The molecule has 0 unspecified atom stereocenters. The Labute approximate surface area is 180 Å². The summed E-state index contributed by atoms with van der Waals surface area (Å²) >= 11 is 0. The van der Waals surface area contributed by atoms with Gasteiger partial charge in [0.25, 0.3) is 0 Å². The number of fused-ring (bicyclic) bond motifs is 1. The van der Waals surface area contributed by atoms with E-state index < -0.39 is 8.87 Å². The number of para-hydroxylation sites is 2. The number of hydrogen-bond acceptors (Lipinski definition) is 4. The fourth-order valence-corrected chi connectivity index (χ4v) is 6.03. The zero-order chi connectivity index (χ0) is 19.6. The molecule has 0 aliphatic heterocycles. The van der Waals surface area contributed by atoms with E-state index in [2.05, 4.69) is 5.32 Å². The number of anilines is 2. The summed E-state index contributed by atoms with van der Waals surface area (Å²) in [5.74, 6) is 0. The molecule has 0 bridgehead atoms. The zero-order valence-electron chi connectivity index (χ0n) is 15.6. The van der Waals surface area contributed by atoms with E-state index in [-0.39, 0.29) is 12.4 Å². The smallest absolute Gasteiger partial charge is 0.234 e. The molecule has 4 aromatic rings. The van der Waals surface area contributed by atoms with Gasteiger partial charge in [-0.15, -0.1) is 0 Å². The van der Waals surface area contributed by atoms with Crippen LogP contribution < -0.4 is 22.3 Å². The molecular formula is C22H19ClN2O2S2. The van der Waals surface area contributed by atoms with Crippen LogP contribution in [-0.4, -0.2) is 8.42 Å². The lowest BCUT2D eigenvalue weighted by Crippen LogP contribution is -3.00. The van der Waals surface area contributed by atoms with Crippen LogP contribution in [0.25, 0.3) is 10.9 Å². The normalized spacial score (nSPS) is 11.1. The minimum absolute atomic E-state index is 0. The molecule has 148 valence electrons. The topological polar surface area (TPSA) is 50.0 Å². The third-order valence-corrected chi connectivity index (χ3v) is 7.72. The monoisotopic (exact) mass is 442 g/mol. The molecule has 0 aliphatic carbocycles. The Morgan fingerprint density at radius 2 is 1.41 bits per heavy atom. The van der Waals surface area contributed by atoms with E-state index in [0.29, 0.717) is 9.79 Å². The van der Waals surface area contributed by atoms with Crippen molar-refractivity contribution >= 4 is 41.9 Å². The predicted molar refractivity (Wildman–Crippen MR) is 114 cm³/mol. The van der Waals surface area contributed by atoms with E-state index >= 15 is 0 Å². The van der Waals surface area contributed by atoms with Crippen molar-refractivity contribution in [2.45, 2.75) is 9.79 Å². The number of rotatable bonds is 5. The molecule has 0 amide bonds. The van der Waals surface area contributed by atoms with Crippen LogP contribution >= 0.6 is 10.8 Å². The standard InChI is InChI=1S/C22H18N2O2S2.ClH/c1-24-16-21(27-28(25,26)18-12-6-3-7-13-18)22(19-14-8-9-15-20(19)24)23-17-10-4-2-5-11-17;/h2-16H,1H3;1H. The number of nitrogens with zero attached hydrogens (tertiary/aromatic N) is 1. The minimum Gasteiger partial charge on any atom is -1.00 e. The van der Waals surface area contributed by atoms with Crippen LogP contribution in [0.3, 0.4) is 0 Å². The molecular weight excluding hydrogens is 424 g/mol. The fourth-order valence-electron chi connectivity index (χ4n) is 3.05. The fraction of sp³-hybridized carbons (Fsp3) is 0.0455. The van der Waals surface area contributed by atoms with Crippen molar-refractivity contribution in [2.75, 3.05) is 5.32 Å². The molecule has 0 aliphatic rings. The van der Waals surface area contributed by atoms with E-state index in [9.17, 15) is 8.42 Å². The van der Waals surface area contributed by atoms with Crippen molar-refractivity contribution in [1.29, 1.82) is 0 Å². The van der Waals surface area contributed by atoms with Gasteiger partial charge in [-0.3, -0.25) is 0 Å². The number of pyridine rings is 1. The van der Waals surface area contributed by atoms with E-state index in [1.165, 1.54) is 0 Å². The van der Waals surface area contributed by atoms with Gasteiger partial charge in [0.2, 0.25) is 14.4 Å². The lowest BCUT2D eigenvalue weighted by atomic mass is 10.1. The molecule has 4 nitrogen and oxygen atoms in total. The lowest BCUT2D eigenvalue weighted by Gasteiger charge is -2.13. The molecule has 0 radical (unpaired) electrons. The van der Waals surface area contributed by atoms with Crippen LogP contribution in [0.5, 0.6) is 0 Å². The number of benzene rings is 3. The first kappa shape index (κ1) is 21.2. The molecule has 1 heterocycles. The maximum Gasteiger partial charge on any atom is 0.234 e. The van der Waals surface area contributed by atoms with Gasteiger partial charge in [-0.25, -0.2) is 8.42 Å². The number of aromatic nitrogens is 1. The van der Waals surface area contributed by atoms with Crippen molar-refractivity contribution in [3.8, 4) is 0 Å². The predicted octanol–water partition coefficient (Wildman–Crippen LogP) is 1.89. The van der Waals surface area contributed by atoms with Crippen LogP contribution in [0.1, 0.15) is 0 Å². The van der Waals surface area contributed by atoms with E-state index in [1.807, 2.05) is 78.5 Å². The lowest BCUT2D eigenvalue weighted by molar-refractivity contribution is -0.646. The molecule has 7 heteroatoms. The van der Waals surface area contributed by atoms with Gasteiger partial charge in [0.15, 0.2) is 6.20 Å². The maximum atomic E-state index is 13.0. The van der Waals surface area contributed by atoms with E-state index in [0.717, 1.165) is 33.1 Å². The highest BCUT2D eigenvalue weighted by Crippen LogP contribution is 2.39. The highest BCUT2D eigenvalue weighted by molar-refractivity contribution is 8.72. The van der Waals surface area contributed by atoms with Crippen LogP contribution in [0.2, 0.25) is 0 Å². The molecule has 0 spiro atoms. The Kier molecular flexibility index (Phi) is 6.47. The molecule has 4 rings (SSSR count). The van der Waals surface area contributed by atoms with Gasteiger partial charge in [0.1, 0.15) is 11.9 Å². The number of nitrogens with one attached hydrogen (secondary N) is 1. The molecule has 29 heavy (non-hydrogen) atoms. The summed E-state index contributed by atoms with van der Waals surface area (Å²) in [7, 11) is -0.763. The average Bonchev–Trinajstić information content (AvgIpc) is 2.72. The SMILES string of the molecule is C[n+]1cc(SS(=O)(=O)c2ccccc2)c(Nc2ccccc2)c2ccccc21.[Cl-]. The first-order valence-electron chi connectivity index (χ1n) is 8.77. The Hall–Kier alpha value is -2.54. The quantitative estimate of drug-likeness (QED) is 0.379. The molecule has 3 aromatic carbocycles. The van der Waals surface area contributed by atoms with Crippen LogP contribution in [0, 0.1) is 0 Å². The summed E-state index contributed by atoms with van der Waals surface area (Å²) in [6.07, 6.45) is 1.86. The molecule has 1 aromatic heterocycles. The highest BCUT2D eigenvalue weighted by atomic mass is 35.5. The second kappa shape index (κ2) is 8.86. The third kappa shape index (κ3) is 4.56. The molecule has 0 saturated heterocycles. The van der Waals surface area contributed by atoms with Crippen LogP contribution in [0.15, 0.2) is 101 Å². The second-order valence-corrected chi connectivity index (χ2v) is 10.1. The van der Waals surface area contributed by atoms with E-state index in [1.54, 1.807) is 24.3 Å². The van der Waals surface area contributed by atoms with Crippen molar-refractivity contribution in [3.05, 3.63) is 91.1 Å². The summed E-state index contributed by atoms with van der Waals surface area (Å²) in [6.45, 7) is 0. The first-order valence-corrected chi connectivity index (χ1v) is 11.6. The van der Waals surface area contributed by atoms with Crippen molar-refractivity contribution in [1.82, 2.24) is 0 Å². The first-order chi connectivity index (χ1) is 13.5. The second-order valence-electron chi connectivity index (χ2n) is 6.34. The van der Waals surface area contributed by atoms with Crippen molar-refractivity contribution in [2.24, 2.45) is 7.05 Å². The van der Waals surface area contributed by atoms with Gasteiger partial charge in [0.05, 0.1) is 16.0 Å². The summed E-state index contributed by atoms with van der Waals surface area (Å²) in [5.41, 5.74) is 2.70. The Morgan fingerprint density at radius 3 is 2.10 bits per heavy atom. The summed E-state index contributed by atoms with van der Waals surface area (Å²) in [6, 6.07) is 26.2. The summed E-state index contributed by atoms with van der Waals surface area (Å²) < 4.78 is 27.9. The van der Waals surface area contributed by atoms with Gasteiger partial charge in [-0.1, -0.05) is 48.5 Å². The van der Waals surface area contributed by atoms with Crippen LogP contribution in [-0.2, 0) is 15.9 Å². The van der Waals surface area contributed by atoms with Gasteiger partial charge < -0.3 is 17.7 Å². The van der Waals surface area contributed by atoms with Gasteiger partial charge in [-0.05, 0) is 30.3 Å². The highest BCUT2D eigenvalue weighted by Gasteiger charge is 2.23. The molecule has 0 saturated carbocycles. The Bertz CT molecular complexity index is 1230. The summed E-state index contributed by atoms with van der Waals surface area (Å²) in [4.78, 5) is 0.940. The third-order valence-electron chi connectivity index (χ3n) is 4.39. The average molecular weight is 443 g/mol. The Morgan fingerprint density at radius 1 is 0.828 bits per heavy atom. The van der Waals surface area contributed by atoms with Crippen molar-refractivity contribution in [3.63, 3.8) is 0 Å². The summed E-state index contributed by atoms with van der Waals surface area (Å²) in [5, 5.41) is 4.38. The van der Waals surface area contributed by atoms with Crippen LogP contribution in [0.4, 0.5) is 11.4 Å². The minimum atomic E-state index is -3.55. The van der Waals surface area contributed by atoms with Gasteiger partial charge in [-0.2, -0.15) is 4.57 Å². The number of aryl methyl sites for hydroxylation is 1. The van der Waals surface area contributed by atoms with Gasteiger partial charge in [0, 0.05) is 22.5 Å². The van der Waals surface area contributed by atoms with Crippen molar-refractivity contribution < 1.29 is 25.4 Å². The zero-order valence-corrected chi connectivity index (χ0v) is 18.0. The largest absolute Gasteiger partial charge is 1.00 e. The number of hydrogen-bond donors (Lipinski definition) is 1. The maximum absolute atomic E-state index is 13.0. The van der Waals surface area contributed by atoms with E-state index in [4.69, 9.17) is 0 Å². The molecule has 0 fully saturated rings. The van der Waals surface area contributed by atoms with Gasteiger partial charge >= 0.3 is 0 Å². The molecule has 0 atom stereocenters. The Balaban J connectivity index is 0.00000240.